The third kappa shape index (κ3) is 5.25. The highest BCUT2D eigenvalue weighted by Gasteiger charge is 2.25. The zero-order chi connectivity index (χ0) is 23.2. The van der Waals surface area contributed by atoms with Crippen LogP contribution in [0.2, 0.25) is 0 Å². The lowest BCUT2D eigenvalue weighted by atomic mass is 10.0. The predicted molar refractivity (Wildman–Crippen MR) is 131 cm³/mol. The first-order valence-corrected chi connectivity index (χ1v) is 11.4. The lowest BCUT2D eigenvalue weighted by molar-refractivity contribution is 0.208. The Morgan fingerprint density at radius 1 is 1.00 bits per heavy atom. The van der Waals surface area contributed by atoms with Crippen LogP contribution in [0.15, 0.2) is 54.6 Å². The van der Waals surface area contributed by atoms with Gasteiger partial charge < -0.3 is 19.9 Å². The number of urea groups is 1. The van der Waals surface area contributed by atoms with Gasteiger partial charge in [0.05, 0.1) is 12.8 Å². The van der Waals surface area contributed by atoms with Crippen LogP contribution in [-0.4, -0.2) is 54.2 Å². The van der Waals surface area contributed by atoms with Gasteiger partial charge in [-0.1, -0.05) is 49.4 Å². The van der Waals surface area contributed by atoms with Gasteiger partial charge in [0, 0.05) is 43.9 Å². The molecule has 1 aromatic heterocycles. The Morgan fingerprint density at radius 2 is 1.70 bits per heavy atom. The number of nitrogens with one attached hydrogen (secondary N) is 1. The summed E-state index contributed by atoms with van der Waals surface area (Å²) in [5, 5.41) is 2.98. The van der Waals surface area contributed by atoms with E-state index in [-0.39, 0.29) is 6.03 Å². The predicted octanol–water partition coefficient (Wildman–Crippen LogP) is 4.30. The quantitative estimate of drug-likeness (QED) is 0.613. The van der Waals surface area contributed by atoms with Gasteiger partial charge in [-0.25, -0.2) is 14.8 Å². The smallest absolute Gasteiger partial charge is 0.322 e. The molecule has 2 heterocycles. The molecule has 0 atom stereocenters. The van der Waals surface area contributed by atoms with E-state index in [0.717, 1.165) is 43.3 Å². The van der Waals surface area contributed by atoms with E-state index < -0.39 is 0 Å². The number of piperazine rings is 1. The van der Waals surface area contributed by atoms with Crippen molar-refractivity contribution >= 4 is 17.5 Å². The molecule has 1 N–H and O–H groups in total. The number of aromatic nitrogens is 2. The molecule has 4 rings (SSSR count). The number of carbonyl (C=O) groups excluding carboxylic acids is 1. The van der Waals surface area contributed by atoms with Gasteiger partial charge in [-0.2, -0.15) is 0 Å². The van der Waals surface area contributed by atoms with E-state index in [1.165, 1.54) is 11.1 Å². The van der Waals surface area contributed by atoms with Crippen molar-refractivity contribution < 1.29 is 9.53 Å². The Balaban J connectivity index is 1.49. The molecule has 2 aromatic carbocycles. The molecule has 0 spiro atoms. The fourth-order valence-electron chi connectivity index (χ4n) is 4.24. The number of methoxy groups -OCH3 is 1. The van der Waals surface area contributed by atoms with Crippen molar-refractivity contribution in [3.8, 4) is 5.75 Å². The molecule has 1 aliphatic heterocycles. The first kappa shape index (κ1) is 22.6. The molecule has 0 radical (unpaired) electrons. The van der Waals surface area contributed by atoms with Gasteiger partial charge >= 0.3 is 6.03 Å². The SMILES string of the molecule is CCc1nc(C)nc(N2CCN(C(=O)Nc3ccccc3OC)CC2)c1Cc1ccccc1. The van der Waals surface area contributed by atoms with Crippen LogP contribution in [0.4, 0.5) is 16.3 Å². The molecule has 172 valence electrons. The van der Waals surface area contributed by atoms with Crippen LogP contribution >= 0.6 is 0 Å². The first-order valence-electron chi connectivity index (χ1n) is 11.4. The second-order valence-electron chi connectivity index (χ2n) is 8.14. The molecule has 3 aromatic rings. The lowest BCUT2D eigenvalue weighted by Gasteiger charge is -2.36. The zero-order valence-electron chi connectivity index (χ0n) is 19.5. The maximum Gasteiger partial charge on any atom is 0.322 e. The first-order chi connectivity index (χ1) is 16.1. The van der Waals surface area contributed by atoms with Crippen molar-refractivity contribution in [3.63, 3.8) is 0 Å². The van der Waals surface area contributed by atoms with E-state index in [1.54, 1.807) is 7.11 Å². The summed E-state index contributed by atoms with van der Waals surface area (Å²) in [7, 11) is 1.60. The number of aryl methyl sites for hydroxylation is 2. The Bertz CT molecular complexity index is 1100. The Morgan fingerprint density at radius 3 is 2.39 bits per heavy atom. The van der Waals surface area contributed by atoms with Crippen molar-refractivity contribution in [3.05, 3.63) is 77.2 Å². The summed E-state index contributed by atoms with van der Waals surface area (Å²) in [4.78, 5) is 26.6. The van der Waals surface area contributed by atoms with Crippen LogP contribution in [0, 0.1) is 6.92 Å². The number of anilines is 2. The number of benzene rings is 2. The monoisotopic (exact) mass is 445 g/mol. The molecule has 7 nitrogen and oxygen atoms in total. The molecule has 0 saturated carbocycles. The van der Waals surface area contributed by atoms with Crippen molar-refractivity contribution in [2.75, 3.05) is 43.5 Å². The minimum Gasteiger partial charge on any atom is -0.495 e. The maximum atomic E-state index is 12.9. The minimum absolute atomic E-state index is 0.114. The number of nitrogens with zero attached hydrogens (tertiary/aromatic N) is 4. The average Bonchev–Trinajstić information content (AvgIpc) is 2.86. The highest BCUT2D eigenvalue weighted by molar-refractivity contribution is 5.91. The number of hydrogen-bond donors (Lipinski definition) is 1. The largest absolute Gasteiger partial charge is 0.495 e. The van der Waals surface area contributed by atoms with Crippen LogP contribution in [0.3, 0.4) is 0 Å². The number of carbonyl (C=O) groups is 1. The number of para-hydroxylation sites is 2. The van der Waals surface area contributed by atoms with Crippen molar-refractivity contribution in [2.24, 2.45) is 0 Å². The normalized spacial score (nSPS) is 13.7. The Hall–Kier alpha value is -3.61. The Kier molecular flexibility index (Phi) is 7.07. The van der Waals surface area contributed by atoms with E-state index >= 15 is 0 Å². The standard InChI is InChI=1S/C26H31N5O2/c1-4-22-21(18-20-10-6-5-7-11-20)25(28-19(2)27-22)30-14-16-31(17-15-30)26(32)29-23-12-8-9-13-24(23)33-3/h5-13H,4,14-18H2,1-3H3,(H,29,32). The number of ether oxygens (including phenoxy) is 1. The summed E-state index contributed by atoms with van der Waals surface area (Å²) in [5.74, 6) is 2.43. The van der Waals surface area contributed by atoms with Gasteiger partial charge in [-0.05, 0) is 31.0 Å². The summed E-state index contributed by atoms with van der Waals surface area (Å²) in [6.45, 7) is 6.78. The lowest BCUT2D eigenvalue weighted by Crippen LogP contribution is -2.50. The molecule has 2 amide bonds. The van der Waals surface area contributed by atoms with E-state index in [2.05, 4.69) is 41.4 Å². The fraction of sp³-hybridized carbons (Fsp3) is 0.346. The van der Waals surface area contributed by atoms with Gasteiger partial charge in [0.1, 0.15) is 17.4 Å². The number of hydrogen-bond acceptors (Lipinski definition) is 5. The summed E-state index contributed by atoms with van der Waals surface area (Å²) >= 11 is 0. The molecule has 0 bridgehead atoms. The maximum absolute atomic E-state index is 12.9. The third-order valence-electron chi connectivity index (χ3n) is 5.96. The average molecular weight is 446 g/mol. The molecule has 1 saturated heterocycles. The summed E-state index contributed by atoms with van der Waals surface area (Å²) in [6, 6.07) is 17.8. The van der Waals surface area contributed by atoms with Crippen LogP contribution < -0.4 is 15.0 Å². The molecular weight excluding hydrogens is 414 g/mol. The van der Waals surface area contributed by atoms with E-state index in [4.69, 9.17) is 14.7 Å². The minimum atomic E-state index is -0.114. The molecule has 1 aliphatic rings. The summed E-state index contributed by atoms with van der Waals surface area (Å²) in [5.41, 5.74) is 4.20. The van der Waals surface area contributed by atoms with Crippen LogP contribution in [-0.2, 0) is 12.8 Å². The molecule has 33 heavy (non-hydrogen) atoms. The zero-order valence-corrected chi connectivity index (χ0v) is 19.5. The molecule has 0 unspecified atom stereocenters. The highest BCUT2D eigenvalue weighted by Crippen LogP contribution is 2.27. The molecule has 1 fully saturated rings. The van der Waals surface area contributed by atoms with E-state index in [9.17, 15) is 4.79 Å². The topological polar surface area (TPSA) is 70.6 Å². The van der Waals surface area contributed by atoms with Gasteiger partial charge in [-0.3, -0.25) is 0 Å². The number of rotatable bonds is 6. The second kappa shape index (κ2) is 10.3. The van der Waals surface area contributed by atoms with Crippen LogP contribution in [0.25, 0.3) is 0 Å². The van der Waals surface area contributed by atoms with Gasteiger partial charge in [0.25, 0.3) is 0 Å². The van der Waals surface area contributed by atoms with Crippen molar-refractivity contribution in [2.45, 2.75) is 26.7 Å². The van der Waals surface area contributed by atoms with Gasteiger partial charge in [-0.15, -0.1) is 0 Å². The molecule has 0 aliphatic carbocycles. The van der Waals surface area contributed by atoms with Crippen LogP contribution in [0.5, 0.6) is 5.75 Å². The van der Waals surface area contributed by atoms with E-state index in [1.807, 2.05) is 42.2 Å². The van der Waals surface area contributed by atoms with E-state index in [0.29, 0.717) is 24.5 Å². The Labute approximate surface area is 195 Å². The van der Waals surface area contributed by atoms with Crippen LogP contribution in [0.1, 0.15) is 29.6 Å². The summed E-state index contributed by atoms with van der Waals surface area (Å²) in [6.07, 6.45) is 1.66. The van der Waals surface area contributed by atoms with Gasteiger partial charge in [0.2, 0.25) is 0 Å². The molecular formula is C26H31N5O2. The van der Waals surface area contributed by atoms with Crippen molar-refractivity contribution in [1.82, 2.24) is 14.9 Å². The molecule has 7 heteroatoms. The number of amides is 2. The third-order valence-corrected chi connectivity index (χ3v) is 5.96. The highest BCUT2D eigenvalue weighted by atomic mass is 16.5. The van der Waals surface area contributed by atoms with Gasteiger partial charge in [0.15, 0.2) is 0 Å². The van der Waals surface area contributed by atoms with Crippen molar-refractivity contribution in [1.29, 1.82) is 0 Å². The second-order valence-corrected chi connectivity index (χ2v) is 8.14. The fourth-order valence-corrected chi connectivity index (χ4v) is 4.24. The summed E-state index contributed by atoms with van der Waals surface area (Å²) < 4.78 is 5.35.